The van der Waals surface area contributed by atoms with Gasteiger partial charge in [0.25, 0.3) is 0 Å². The molecule has 236 valence electrons. The molecule has 2 aliphatic rings. The summed E-state index contributed by atoms with van der Waals surface area (Å²) in [6.45, 7) is 10.3. The average molecular weight is 611 g/mol. The van der Waals surface area contributed by atoms with Crippen molar-refractivity contribution in [3.8, 4) is 11.3 Å². The summed E-state index contributed by atoms with van der Waals surface area (Å²) >= 11 is 0. The van der Waals surface area contributed by atoms with E-state index in [2.05, 4.69) is 29.4 Å². The Morgan fingerprint density at radius 2 is 1.96 bits per heavy atom. The van der Waals surface area contributed by atoms with Gasteiger partial charge in [0.2, 0.25) is 0 Å². The molecule has 1 amide bonds. The van der Waals surface area contributed by atoms with Crippen molar-refractivity contribution >= 4 is 22.6 Å². The lowest BCUT2D eigenvalue weighted by atomic mass is 9.85. The number of aryl methyl sites for hydroxylation is 1. The van der Waals surface area contributed by atoms with Crippen molar-refractivity contribution in [2.45, 2.75) is 91.1 Å². The summed E-state index contributed by atoms with van der Waals surface area (Å²) in [5.74, 6) is 0.548. The molecule has 0 radical (unpaired) electrons. The van der Waals surface area contributed by atoms with Crippen molar-refractivity contribution in [2.75, 3.05) is 13.2 Å². The van der Waals surface area contributed by atoms with E-state index in [-0.39, 0.29) is 12.3 Å². The second-order valence-electron chi connectivity index (χ2n) is 13.6. The number of rotatable bonds is 8. The summed E-state index contributed by atoms with van der Waals surface area (Å²) in [5.41, 5.74) is 6.22. The molecule has 5 aromatic rings. The van der Waals surface area contributed by atoms with Crippen LogP contribution in [0.15, 0.2) is 49.1 Å². The number of hydrogen-bond acceptors (Lipinski definition) is 7. The zero-order valence-corrected chi connectivity index (χ0v) is 26.6. The zero-order chi connectivity index (χ0) is 31.1. The number of carbonyl (C=O) groups excluding carboxylic acids is 1. The fraction of sp³-hybridized carbons (Fsp3) is 0.500. The van der Waals surface area contributed by atoms with Gasteiger partial charge in [-0.2, -0.15) is 5.10 Å². The molecule has 1 atom stereocenters. The van der Waals surface area contributed by atoms with Crippen LogP contribution in [0.5, 0.6) is 0 Å². The maximum absolute atomic E-state index is 13.0. The fourth-order valence-electron chi connectivity index (χ4n) is 6.31. The van der Waals surface area contributed by atoms with Gasteiger partial charge in [-0.25, -0.2) is 19.1 Å². The van der Waals surface area contributed by atoms with E-state index < -0.39 is 5.60 Å². The number of pyridine rings is 1. The molecular weight excluding hydrogens is 568 g/mol. The molecular formula is C34H42N8O3. The second kappa shape index (κ2) is 11.9. The van der Waals surface area contributed by atoms with E-state index in [1.54, 1.807) is 0 Å². The first-order valence-corrected chi connectivity index (χ1v) is 16.1. The summed E-state index contributed by atoms with van der Waals surface area (Å²) in [6.07, 6.45) is 14.5. The van der Waals surface area contributed by atoms with Crippen molar-refractivity contribution in [2.24, 2.45) is 5.92 Å². The minimum absolute atomic E-state index is 0.0275. The van der Waals surface area contributed by atoms with E-state index in [0.29, 0.717) is 19.0 Å². The predicted octanol–water partition coefficient (Wildman–Crippen LogP) is 6.54. The minimum Gasteiger partial charge on any atom is -0.444 e. The maximum Gasteiger partial charge on any atom is 0.410 e. The molecule has 1 aliphatic carbocycles. The number of carbonyl (C=O) groups is 1. The van der Waals surface area contributed by atoms with Crippen molar-refractivity contribution in [3.05, 3.63) is 65.9 Å². The normalized spacial score (nSPS) is 17.6. The van der Waals surface area contributed by atoms with Gasteiger partial charge in [-0.3, -0.25) is 0 Å². The molecule has 4 aromatic heterocycles. The van der Waals surface area contributed by atoms with Gasteiger partial charge in [-0.1, -0.05) is 17.7 Å². The Balaban J connectivity index is 1.08. The van der Waals surface area contributed by atoms with Crippen LogP contribution >= 0.6 is 0 Å². The largest absolute Gasteiger partial charge is 0.444 e. The van der Waals surface area contributed by atoms with Crippen molar-refractivity contribution in [1.82, 2.24) is 39.1 Å². The lowest BCUT2D eigenvalue weighted by Crippen LogP contribution is -2.40. The number of imidazole rings is 1. The molecule has 0 N–H and O–H groups in total. The summed E-state index contributed by atoms with van der Waals surface area (Å²) in [4.78, 5) is 19.7. The highest BCUT2D eigenvalue weighted by molar-refractivity contribution is 5.94. The lowest BCUT2D eigenvalue weighted by Gasteiger charge is -2.33. The fourth-order valence-corrected chi connectivity index (χ4v) is 6.31. The molecule has 1 saturated heterocycles. The van der Waals surface area contributed by atoms with E-state index in [0.717, 1.165) is 77.0 Å². The Morgan fingerprint density at radius 3 is 2.71 bits per heavy atom. The standard InChI is InChI=1S/C34H42N8O3/c1-23-14-27(28-16-35-42(30(28)15-23)32-10-5-6-13-44-32)29-22-41(38-37-29)21-26-20-39-18-25(11-12-31(39)36-26)19-40(17-24-8-7-9-24)33(43)45-34(2,3)4/h11-12,14-16,18,20,22,24,32H,5-10,13,17,19,21H2,1-4H3. The number of fused-ring (bicyclic) bond motifs is 2. The van der Waals surface area contributed by atoms with Gasteiger partial charge in [0.1, 0.15) is 16.9 Å². The Morgan fingerprint density at radius 1 is 1.09 bits per heavy atom. The summed E-state index contributed by atoms with van der Waals surface area (Å²) in [5, 5.41) is 14.7. The van der Waals surface area contributed by atoms with Crippen LogP contribution in [0.1, 0.15) is 82.3 Å². The van der Waals surface area contributed by atoms with Gasteiger partial charge in [0.05, 0.1) is 36.7 Å². The van der Waals surface area contributed by atoms with E-state index in [1.165, 1.54) is 19.3 Å². The molecule has 45 heavy (non-hydrogen) atoms. The predicted molar refractivity (Wildman–Crippen MR) is 171 cm³/mol. The molecule has 0 spiro atoms. The number of amides is 1. The van der Waals surface area contributed by atoms with Gasteiger partial charge < -0.3 is 18.8 Å². The van der Waals surface area contributed by atoms with Crippen molar-refractivity contribution in [1.29, 1.82) is 0 Å². The first kappa shape index (κ1) is 29.5. The van der Waals surface area contributed by atoms with E-state index in [9.17, 15) is 4.79 Å². The second-order valence-corrected chi connectivity index (χ2v) is 13.6. The van der Waals surface area contributed by atoms with Gasteiger partial charge in [0, 0.05) is 36.5 Å². The molecule has 0 bridgehead atoms. The third-order valence-electron chi connectivity index (χ3n) is 8.72. The minimum atomic E-state index is -0.531. The van der Waals surface area contributed by atoms with Crippen molar-refractivity contribution in [3.63, 3.8) is 0 Å². The molecule has 5 heterocycles. The third kappa shape index (κ3) is 6.45. The zero-order valence-electron chi connectivity index (χ0n) is 26.6. The molecule has 1 unspecified atom stereocenters. The molecule has 1 aromatic carbocycles. The SMILES string of the molecule is Cc1cc(-c2cn(Cc3cn4cc(CN(CC5CCC5)C(=O)OC(C)(C)C)ccc4n3)nn2)c2cnn(C3CCCCO3)c2c1. The van der Waals surface area contributed by atoms with Crippen LogP contribution < -0.4 is 0 Å². The smallest absolute Gasteiger partial charge is 0.410 e. The molecule has 1 aliphatic heterocycles. The van der Waals surface area contributed by atoms with Crippen LogP contribution in [0, 0.1) is 12.8 Å². The molecule has 2 fully saturated rings. The first-order chi connectivity index (χ1) is 21.7. The van der Waals surface area contributed by atoms with Crippen LogP contribution in [0.2, 0.25) is 0 Å². The first-order valence-electron chi connectivity index (χ1n) is 16.1. The van der Waals surface area contributed by atoms with E-state index in [1.807, 2.05) is 76.4 Å². The van der Waals surface area contributed by atoms with E-state index in [4.69, 9.17) is 19.6 Å². The Hall–Kier alpha value is -4.25. The topological polar surface area (TPSA) is 105 Å². The molecule has 7 rings (SSSR count). The lowest BCUT2D eigenvalue weighted by molar-refractivity contribution is -0.0366. The Kier molecular flexibility index (Phi) is 7.81. The highest BCUT2D eigenvalue weighted by Gasteiger charge is 2.28. The third-order valence-corrected chi connectivity index (χ3v) is 8.72. The molecule has 11 heteroatoms. The number of benzene rings is 1. The number of nitrogens with zero attached hydrogens (tertiary/aromatic N) is 8. The number of hydrogen-bond donors (Lipinski definition) is 0. The highest BCUT2D eigenvalue weighted by Crippen LogP contribution is 2.33. The summed E-state index contributed by atoms with van der Waals surface area (Å²) in [6, 6.07) is 8.35. The van der Waals surface area contributed by atoms with Gasteiger partial charge in [0.15, 0.2) is 6.23 Å². The van der Waals surface area contributed by atoms with Gasteiger partial charge in [-0.15, -0.1) is 5.10 Å². The van der Waals surface area contributed by atoms with Crippen LogP contribution in [0.3, 0.4) is 0 Å². The highest BCUT2D eigenvalue weighted by atomic mass is 16.6. The number of aromatic nitrogens is 7. The van der Waals surface area contributed by atoms with Gasteiger partial charge >= 0.3 is 6.09 Å². The van der Waals surface area contributed by atoms with Crippen LogP contribution in [-0.2, 0) is 22.6 Å². The quantitative estimate of drug-likeness (QED) is 0.197. The Bertz CT molecular complexity index is 1820. The summed E-state index contributed by atoms with van der Waals surface area (Å²) < 4.78 is 17.6. The Labute approximate surface area is 263 Å². The number of ether oxygens (including phenoxy) is 2. The van der Waals surface area contributed by atoms with Crippen LogP contribution in [-0.4, -0.2) is 63.9 Å². The molecule has 1 saturated carbocycles. The average Bonchev–Trinajstić information content (AvgIpc) is 3.71. The van der Waals surface area contributed by atoms with Gasteiger partial charge in [-0.05, 0) is 95.0 Å². The van der Waals surface area contributed by atoms with Crippen LogP contribution in [0.4, 0.5) is 4.79 Å². The van der Waals surface area contributed by atoms with Crippen LogP contribution in [0.25, 0.3) is 27.8 Å². The summed E-state index contributed by atoms with van der Waals surface area (Å²) in [7, 11) is 0. The van der Waals surface area contributed by atoms with Crippen molar-refractivity contribution < 1.29 is 14.3 Å². The van der Waals surface area contributed by atoms with E-state index >= 15 is 0 Å². The monoisotopic (exact) mass is 610 g/mol. The maximum atomic E-state index is 13.0. The molecule has 11 nitrogen and oxygen atoms in total.